The average molecular weight is 771 g/mol. The van der Waals surface area contributed by atoms with Gasteiger partial charge < -0.3 is 42.8 Å². The first-order chi connectivity index (χ1) is 24.6. The number of carbonyl (C=O) groups excluding carboxylic acids is 2. The van der Waals surface area contributed by atoms with Gasteiger partial charge in [0.15, 0.2) is 0 Å². The molecule has 276 valence electrons. The quantitative estimate of drug-likeness (QED) is 0.118. The molecule has 4 heterocycles. The Hall–Kier alpha value is -3.58. The molecular weight excluding hydrogens is 722 g/mol. The molecule has 0 bridgehead atoms. The smallest absolute Gasteiger partial charge is 0.410 e. The Morgan fingerprint density at radius 1 is 0.941 bits per heavy atom. The van der Waals surface area contributed by atoms with Gasteiger partial charge in [-0.15, -0.1) is 6.42 Å². The Balaban J connectivity index is 1.08. The van der Waals surface area contributed by atoms with E-state index in [9.17, 15) is 9.59 Å². The molecule has 3 aromatic rings. The summed E-state index contributed by atoms with van der Waals surface area (Å²) in [7, 11) is 0. The summed E-state index contributed by atoms with van der Waals surface area (Å²) in [6, 6.07) is 7.93. The maximum Gasteiger partial charge on any atom is 0.410 e. The van der Waals surface area contributed by atoms with Gasteiger partial charge in [-0.3, -0.25) is 9.78 Å². The van der Waals surface area contributed by atoms with Crippen LogP contribution in [0.5, 0.6) is 0 Å². The second-order valence-corrected chi connectivity index (χ2v) is 14.3. The number of aromatic nitrogens is 3. The van der Waals surface area contributed by atoms with Crippen molar-refractivity contribution < 1.29 is 38.0 Å². The third-order valence-corrected chi connectivity index (χ3v) is 9.01. The second kappa shape index (κ2) is 18.3. The molecule has 2 aliphatic rings. The normalized spacial score (nSPS) is 15.0. The number of hydrogen-bond acceptors (Lipinski definition) is 10. The highest BCUT2D eigenvalue weighted by molar-refractivity contribution is 9.10. The minimum Gasteiger partial charge on any atom is -0.444 e. The van der Waals surface area contributed by atoms with E-state index in [1.54, 1.807) is 22.2 Å². The van der Waals surface area contributed by atoms with E-state index in [1.165, 1.54) is 0 Å². The van der Waals surface area contributed by atoms with Crippen LogP contribution in [-0.4, -0.2) is 116 Å². The van der Waals surface area contributed by atoms with Crippen LogP contribution in [0, 0.1) is 12.3 Å². The molecule has 1 saturated heterocycles. The first kappa shape index (κ1) is 38.6. The number of benzene rings is 1. The number of halogens is 1. The second-order valence-electron chi connectivity index (χ2n) is 13.4. The third kappa shape index (κ3) is 10.1. The maximum atomic E-state index is 14.2. The third-order valence-electron chi connectivity index (χ3n) is 8.52. The van der Waals surface area contributed by atoms with Gasteiger partial charge in [0.25, 0.3) is 0 Å². The van der Waals surface area contributed by atoms with Crippen LogP contribution < -0.4 is 4.90 Å². The van der Waals surface area contributed by atoms with Gasteiger partial charge in [-0.1, -0.05) is 21.9 Å². The van der Waals surface area contributed by atoms with Crippen molar-refractivity contribution in [2.24, 2.45) is 0 Å². The zero-order valence-electron chi connectivity index (χ0n) is 29.7. The van der Waals surface area contributed by atoms with Crippen molar-refractivity contribution in [2.45, 2.75) is 57.7 Å². The van der Waals surface area contributed by atoms with Crippen LogP contribution in [0.2, 0.25) is 0 Å². The van der Waals surface area contributed by atoms with Gasteiger partial charge in [0.1, 0.15) is 23.4 Å². The van der Waals surface area contributed by atoms with Crippen LogP contribution in [0.4, 0.5) is 10.5 Å². The lowest BCUT2D eigenvalue weighted by molar-refractivity contribution is -0.129. The van der Waals surface area contributed by atoms with Gasteiger partial charge in [-0.25, -0.2) is 9.78 Å². The van der Waals surface area contributed by atoms with Crippen molar-refractivity contribution in [1.29, 1.82) is 0 Å². The average Bonchev–Trinajstić information content (AvgIpc) is 3.53. The Morgan fingerprint density at radius 3 is 2.24 bits per heavy atom. The van der Waals surface area contributed by atoms with Gasteiger partial charge in [0.05, 0.1) is 82.3 Å². The number of aryl methyl sites for hydroxylation is 1. The standard InChI is InChI=1S/C37H48BrN5O8/c1-5-13-46-15-17-48-19-21-50-22-20-49-18-16-47-14-7-6-12-42-31-9-8-28(38)23-30(31)40-33(42)25-43-32-24-39-11-10-29(32)37(34(43)44)26-41(27-37)35(45)51-36(2,3)4/h1,8-11,23-24H,6-7,12-22,25-27H2,2-4H3. The van der Waals surface area contributed by atoms with E-state index in [2.05, 4.69) is 31.4 Å². The van der Waals surface area contributed by atoms with Crippen LogP contribution in [-0.2, 0) is 51.7 Å². The highest BCUT2D eigenvalue weighted by atomic mass is 79.9. The summed E-state index contributed by atoms with van der Waals surface area (Å²) in [6.45, 7) is 11.9. The fourth-order valence-electron chi connectivity index (χ4n) is 6.16. The Bertz CT molecular complexity index is 1660. The molecule has 1 aromatic carbocycles. The monoisotopic (exact) mass is 769 g/mol. The Kier molecular flexibility index (Phi) is 13.8. The Morgan fingerprint density at radius 2 is 1.59 bits per heavy atom. The SMILES string of the molecule is C#CCOCCOCCOCCOCCOCCCCn1c(CN2C(=O)C3(CN(C(=O)OC(C)(C)C)C3)c3ccncc32)nc2cc(Br)ccc21. The van der Waals surface area contributed by atoms with Crippen LogP contribution >= 0.6 is 15.9 Å². The number of fused-ring (bicyclic) bond motifs is 3. The van der Waals surface area contributed by atoms with Crippen molar-refractivity contribution in [2.75, 3.05) is 84.1 Å². The molecule has 1 spiro atoms. The number of pyridine rings is 1. The van der Waals surface area contributed by atoms with E-state index in [4.69, 9.17) is 39.8 Å². The molecule has 0 atom stereocenters. The molecule has 0 unspecified atom stereocenters. The number of unbranched alkanes of at least 4 members (excludes halogenated alkanes) is 1. The number of terminal acetylenes is 1. The fourth-order valence-corrected chi connectivity index (χ4v) is 6.51. The van der Waals surface area contributed by atoms with E-state index in [-0.39, 0.29) is 25.5 Å². The van der Waals surface area contributed by atoms with E-state index < -0.39 is 17.1 Å². The largest absolute Gasteiger partial charge is 0.444 e. The lowest BCUT2D eigenvalue weighted by Gasteiger charge is -2.46. The summed E-state index contributed by atoms with van der Waals surface area (Å²) in [6.07, 6.45) is 9.85. The molecule has 2 aromatic heterocycles. The highest BCUT2D eigenvalue weighted by Crippen LogP contribution is 2.48. The highest BCUT2D eigenvalue weighted by Gasteiger charge is 2.60. The number of likely N-dealkylation sites (tertiary alicyclic amines) is 1. The van der Waals surface area contributed by atoms with Crippen LogP contribution in [0.25, 0.3) is 11.0 Å². The number of hydrogen-bond donors (Lipinski definition) is 0. The molecule has 14 heteroatoms. The maximum absolute atomic E-state index is 14.2. The molecular formula is C37H48BrN5O8. The van der Waals surface area contributed by atoms with Crippen LogP contribution in [0.1, 0.15) is 45.0 Å². The summed E-state index contributed by atoms with van der Waals surface area (Å²) >= 11 is 3.57. The van der Waals surface area contributed by atoms with E-state index >= 15 is 0 Å². The van der Waals surface area contributed by atoms with Gasteiger partial charge >= 0.3 is 6.09 Å². The molecule has 2 amide bonds. The van der Waals surface area contributed by atoms with E-state index in [1.807, 2.05) is 45.0 Å². The van der Waals surface area contributed by atoms with E-state index in [0.717, 1.165) is 45.4 Å². The minimum absolute atomic E-state index is 0.0559. The summed E-state index contributed by atoms with van der Waals surface area (Å²) < 4.78 is 36.1. The Labute approximate surface area is 308 Å². The summed E-state index contributed by atoms with van der Waals surface area (Å²) in [5.74, 6) is 3.13. The number of anilines is 1. The molecule has 0 saturated carbocycles. The summed E-state index contributed by atoms with van der Waals surface area (Å²) in [5.41, 5.74) is 2.04. The number of amides is 2. The van der Waals surface area contributed by atoms with E-state index in [0.29, 0.717) is 72.6 Å². The molecule has 5 rings (SSSR count). The molecule has 0 N–H and O–H groups in total. The predicted octanol–water partition coefficient (Wildman–Crippen LogP) is 4.73. The molecule has 51 heavy (non-hydrogen) atoms. The van der Waals surface area contributed by atoms with Crippen molar-refractivity contribution in [3.05, 3.63) is 52.5 Å². The van der Waals surface area contributed by atoms with Crippen molar-refractivity contribution >= 4 is 44.7 Å². The first-order valence-corrected chi connectivity index (χ1v) is 18.1. The van der Waals surface area contributed by atoms with Gasteiger partial charge in [0, 0.05) is 36.9 Å². The number of carbonyl (C=O) groups is 2. The predicted molar refractivity (Wildman–Crippen MR) is 195 cm³/mol. The van der Waals surface area contributed by atoms with Crippen LogP contribution in [0.3, 0.4) is 0 Å². The number of nitrogens with zero attached hydrogens (tertiary/aromatic N) is 5. The lowest BCUT2D eigenvalue weighted by atomic mass is 9.75. The zero-order chi connectivity index (χ0) is 36.3. The minimum atomic E-state index is -0.822. The van der Waals surface area contributed by atoms with Gasteiger partial charge in [0.2, 0.25) is 5.91 Å². The molecule has 1 fully saturated rings. The first-order valence-electron chi connectivity index (χ1n) is 17.3. The lowest BCUT2D eigenvalue weighted by Crippen LogP contribution is -2.65. The molecule has 13 nitrogen and oxygen atoms in total. The molecule has 2 aliphatic heterocycles. The zero-order valence-corrected chi connectivity index (χ0v) is 31.3. The summed E-state index contributed by atoms with van der Waals surface area (Å²) in [4.78, 5) is 39.6. The number of ether oxygens (including phenoxy) is 6. The molecule has 0 radical (unpaired) electrons. The fraction of sp³-hybridized carbons (Fsp3) is 0.568. The van der Waals surface area contributed by atoms with Gasteiger partial charge in [-0.05, 0) is 63.4 Å². The van der Waals surface area contributed by atoms with Crippen molar-refractivity contribution in [3.8, 4) is 12.3 Å². The van der Waals surface area contributed by atoms with Crippen molar-refractivity contribution in [1.82, 2.24) is 19.4 Å². The van der Waals surface area contributed by atoms with Crippen LogP contribution in [0.15, 0.2) is 41.1 Å². The van der Waals surface area contributed by atoms with Gasteiger partial charge in [-0.2, -0.15) is 0 Å². The molecule has 0 aliphatic carbocycles. The van der Waals surface area contributed by atoms with Crippen molar-refractivity contribution in [3.63, 3.8) is 0 Å². The topological polar surface area (TPSA) is 127 Å². The number of imidazole rings is 1. The number of rotatable bonds is 20. The summed E-state index contributed by atoms with van der Waals surface area (Å²) in [5, 5.41) is 0.